The monoisotopic (exact) mass is 500 g/mol. The smallest absolute Gasteiger partial charge is 0.306 e. The zero-order chi connectivity index (χ0) is 26.1. The minimum Gasteiger partial charge on any atom is -0.469 e. The predicted molar refractivity (Wildman–Crippen MR) is 144 cm³/mol. The molecule has 0 N–H and O–H groups in total. The van der Waals surface area contributed by atoms with Crippen molar-refractivity contribution in [1.82, 2.24) is 0 Å². The zero-order valence-corrected chi connectivity index (χ0v) is 23.9. The van der Waals surface area contributed by atoms with E-state index in [1.165, 1.54) is 58.5 Å². The van der Waals surface area contributed by atoms with Crippen LogP contribution in [0.3, 0.4) is 0 Å². The molecule has 8 atom stereocenters. The van der Waals surface area contributed by atoms with Gasteiger partial charge in [0.15, 0.2) is 0 Å². The lowest BCUT2D eigenvalue weighted by Crippen LogP contribution is -2.51. The molecule has 4 aliphatic rings. The molecule has 0 radical (unpaired) electrons. The van der Waals surface area contributed by atoms with Crippen molar-refractivity contribution in [2.45, 2.75) is 124 Å². The Bertz CT molecular complexity index is 830. The van der Waals surface area contributed by atoms with Crippen molar-refractivity contribution in [2.75, 3.05) is 7.11 Å². The van der Waals surface area contributed by atoms with E-state index in [1.54, 1.807) is 5.57 Å². The number of methoxy groups -OCH3 is 1. The largest absolute Gasteiger partial charge is 0.469 e. The first-order chi connectivity index (χ1) is 17.1. The van der Waals surface area contributed by atoms with Crippen LogP contribution in [0.2, 0.25) is 0 Å². The van der Waals surface area contributed by atoms with Crippen LogP contribution >= 0.6 is 0 Å². The Morgan fingerprint density at radius 1 is 0.972 bits per heavy atom. The molecule has 204 valence electrons. The summed E-state index contributed by atoms with van der Waals surface area (Å²) in [5.74, 6) is 4.42. The van der Waals surface area contributed by atoms with Crippen LogP contribution in [0.4, 0.5) is 0 Å². The summed E-state index contributed by atoms with van der Waals surface area (Å²) < 4.78 is 10.5. The number of hydrogen-bond donors (Lipinski definition) is 0. The summed E-state index contributed by atoms with van der Waals surface area (Å²) in [5.41, 5.74) is 2.33. The van der Waals surface area contributed by atoms with Crippen molar-refractivity contribution in [1.29, 1.82) is 0 Å². The van der Waals surface area contributed by atoms with Gasteiger partial charge in [-0.15, -0.1) is 0 Å². The van der Waals surface area contributed by atoms with Gasteiger partial charge in [0, 0.05) is 6.42 Å². The number of allylic oxidation sites excluding steroid dienone is 1. The Kier molecular flexibility index (Phi) is 8.62. The second kappa shape index (κ2) is 11.2. The molecule has 3 fully saturated rings. The van der Waals surface area contributed by atoms with Crippen LogP contribution in [0.5, 0.6) is 0 Å². The molecule has 0 aromatic rings. The molecule has 4 rings (SSSR count). The van der Waals surface area contributed by atoms with Gasteiger partial charge >= 0.3 is 11.9 Å². The zero-order valence-electron chi connectivity index (χ0n) is 23.9. The maximum atomic E-state index is 12.3. The standard InChI is InChI=1S/C32H52O4/c1-21(2)8-7-9-22(3)26-12-13-27-25-11-10-23-20-24(36-30(34)15-14-29(33)35-6)16-18-31(23,4)28(25)17-19-32(26,27)5/h10,21-22,24-28H,7-9,11-20H2,1-6H3/t22-,24-,25+,26-,27+,28+,31+,32-/m1/s1. The molecule has 0 aromatic carbocycles. The van der Waals surface area contributed by atoms with Gasteiger partial charge in [-0.3, -0.25) is 9.59 Å². The van der Waals surface area contributed by atoms with E-state index >= 15 is 0 Å². The number of esters is 2. The summed E-state index contributed by atoms with van der Waals surface area (Å²) in [6.07, 6.45) is 16.7. The van der Waals surface area contributed by atoms with Crippen molar-refractivity contribution in [3.63, 3.8) is 0 Å². The number of ether oxygens (including phenoxy) is 2. The Hall–Kier alpha value is -1.32. The van der Waals surface area contributed by atoms with Crippen LogP contribution in [-0.2, 0) is 19.1 Å². The van der Waals surface area contributed by atoms with Crippen LogP contribution in [-0.4, -0.2) is 25.2 Å². The van der Waals surface area contributed by atoms with E-state index in [1.807, 2.05) is 0 Å². The van der Waals surface area contributed by atoms with Crippen molar-refractivity contribution in [3.8, 4) is 0 Å². The van der Waals surface area contributed by atoms with Crippen molar-refractivity contribution in [3.05, 3.63) is 11.6 Å². The fourth-order valence-corrected chi connectivity index (χ4v) is 9.30. The summed E-state index contributed by atoms with van der Waals surface area (Å²) in [7, 11) is 1.35. The van der Waals surface area contributed by atoms with E-state index in [-0.39, 0.29) is 36.3 Å². The fraction of sp³-hybridized carbons (Fsp3) is 0.875. The van der Waals surface area contributed by atoms with E-state index in [4.69, 9.17) is 4.74 Å². The van der Waals surface area contributed by atoms with E-state index < -0.39 is 0 Å². The summed E-state index contributed by atoms with van der Waals surface area (Å²) in [6, 6.07) is 0. The van der Waals surface area contributed by atoms with Crippen molar-refractivity contribution < 1.29 is 19.1 Å². The van der Waals surface area contributed by atoms with Gasteiger partial charge in [-0.25, -0.2) is 0 Å². The number of carbonyl (C=O) groups excluding carboxylic acids is 2. The van der Waals surface area contributed by atoms with E-state index in [0.717, 1.165) is 54.8 Å². The summed E-state index contributed by atoms with van der Waals surface area (Å²) in [5, 5.41) is 0. The molecule has 3 saturated carbocycles. The number of carbonyl (C=O) groups is 2. The molecule has 0 aromatic heterocycles. The first-order valence-electron chi connectivity index (χ1n) is 15.0. The third-order valence-electron chi connectivity index (χ3n) is 11.3. The van der Waals surface area contributed by atoms with E-state index in [9.17, 15) is 9.59 Å². The molecule has 0 bridgehead atoms. The lowest BCUT2D eigenvalue weighted by Gasteiger charge is -2.58. The molecule has 4 heteroatoms. The van der Waals surface area contributed by atoms with Gasteiger partial charge in [-0.1, -0.05) is 65.5 Å². The molecule has 0 aliphatic heterocycles. The third kappa shape index (κ3) is 5.44. The Morgan fingerprint density at radius 3 is 2.44 bits per heavy atom. The molecular formula is C32H52O4. The molecular weight excluding hydrogens is 448 g/mol. The topological polar surface area (TPSA) is 52.6 Å². The fourth-order valence-electron chi connectivity index (χ4n) is 9.30. The normalized spacial score (nSPS) is 38.4. The van der Waals surface area contributed by atoms with Crippen LogP contribution in [0.1, 0.15) is 118 Å². The molecule has 4 aliphatic carbocycles. The summed E-state index contributed by atoms with van der Waals surface area (Å²) in [4.78, 5) is 23.7. The SMILES string of the molecule is COC(=O)CCC(=O)O[C@@H]1CC[C@@]2(C)C(=CC[C@H]3[C@@H]4CC[C@H]([C@H](C)CCCC(C)C)[C@@]4(C)CC[C@@H]32)C1. The van der Waals surface area contributed by atoms with E-state index in [2.05, 4.69) is 45.4 Å². The second-order valence-corrected chi connectivity index (χ2v) is 13.7. The maximum Gasteiger partial charge on any atom is 0.306 e. The van der Waals surface area contributed by atoms with Gasteiger partial charge in [0.2, 0.25) is 0 Å². The number of fused-ring (bicyclic) bond motifs is 5. The first-order valence-corrected chi connectivity index (χ1v) is 15.0. The highest BCUT2D eigenvalue weighted by Gasteiger charge is 2.59. The van der Waals surface area contributed by atoms with Crippen molar-refractivity contribution in [2.24, 2.45) is 46.3 Å². The van der Waals surface area contributed by atoms with Crippen LogP contribution < -0.4 is 0 Å². The van der Waals surface area contributed by atoms with Crippen LogP contribution in [0.25, 0.3) is 0 Å². The molecule has 4 nitrogen and oxygen atoms in total. The van der Waals surface area contributed by atoms with Gasteiger partial charge in [-0.2, -0.15) is 0 Å². The Balaban J connectivity index is 1.38. The van der Waals surface area contributed by atoms with E-state index in [0.29, 0.717) is 5.41 Å². The summed E-state index contributed by atoms with van der Waals surface area (Å²) >= 11 is 0. The average Bonchev–Trinajstić information content (AvgIpc) is 3.19. The minimum atomic E-state index is -0.354. The highest BCUT2D eigenvalue weighted by molar-refractivity contribution is 5.77. The number of rotatable bonds is 9. The highest BCUT2D eigenvalue weighted by Crippen LogP contribution is 2.67. The predicted octanol–water partition coefficient (Wildman–Crippen LogP) is 7.89. The third-order valence-corrected chi connectivity index (χ3v) is 11.3. The Morgan fingerprint density at radius 2 is 1.72 bits per heavy atom. The summed E-state index contributed by atoms with van der Waals surface area (Å²) in [6.45, 7) is 12.4. The van der Waals surface area contributed by atoms with Gasteiger partial charge in [0.05, 0.1) is 20.0 Å². The quantitative estimate of drug-likeness (QED) is 0.238. The first kappa shape index (κ1) is 27.7. The number of hydrogen-bond acceptors (Lipinski definition) is 4. The van der Waals surface area contributed by atoms with Crippen LogP contribution in [0.15, 0.2) is 11.6 Å². The molecule has 0 heterocycles. The molecule has 36 heavy (non-hydrogen) atoms. The van der Waals surface area contributed by atoms with Crippen LogP contribution in [0, 0.1) is 46.3 Å². The average molecular weight is 501 g/mol. The second-order valence-electron chi connectivity index (χ2n) is 13.7. The Labute approximate surface area is 220 Å². The van der Waals surface area contributed by atoms with Gasteiger partial charge in [-0.05, 0) is 91.3 Å². The maximum absolute atomic E-state index is 12.3. The molecule has 0 spiro atoms. The minimum absolute atomic E-state index is 0.0394. The lowest BCUT2D eigenvalue weighted by molar-refractivity contribution is -0.154. The van der Waals surface area contributed by atoms with Crippen molar-refractivity contribution >= 4 is 11.9 Å². The van der Waals surface area contributed by atoms with Gasteiger partial charge < -0.3 is 9.47 Å². The lowest BCUT2D eigenvalue weighted by atomic mass is 9.47. The molecule has 0 unspecified atom stereocenters. The molecule has 0 saturated heterocycles. The highest BCUT2D eigenvalue weighted by atomic mass is 16.5. The molecule has 0 amide bonds. The van der Waals surface area contributed by atoms with Gasteiger partial charge in [0.25, 0.3) is 0 Å². The van der Waals surface area contributed by atoms with Gasteiger partial charge in [0.1, 0.15) is 6.10 Å².